The molecule has 0 amide bonds. The molecule has 0 spiro atoms. The third-order valence-electron chi connectivity index (χ3n) is 12.1. The van der Waals surface area contributed by atoms with Crippen molar-refractivity contribution in [2.24, 2.45) is 11.8 Å². The first-order chi connectivity index (χ1) is 32.3. The molecule has 3 aliphatic heterocycles. The smallest absolute Gasteiger partial charge is 0.463 e. The van der Waals surface area contributed by atoms with Gasteiger partial charge in [0.05, 0.1) is 19.0 Å². The molecule has 2 aromatic heterocycles. The number of halogens is 1. The Kier molecular flexibility index (Phi) is 14.7. The molecule has 5 unspecified atom stereocenters. The van der Waals surface area contributed by atoms with Crippen LogP contribution in [0.2, 0.25) is 0 Å². The maximum Gasteiger partial charge on any atom is 0.481 e. The van der Waals surface area contributed by atoms with Gasteiger partial charge in [-0.3, -0.25) is 18.7 Å². The van der Waals surface area contributed by atoms with E-state index < -0.39 is 112 Å². The summed E-state index contributed by atoms with van der Waals surface area (Å²) in [6.45, 7) is 2.95. The molecule has 3 aliphatic rings. The van der Waals surface area contributed by atoms with E-state index in [1.54, 1.807) is 38.6 Å². The summed E-state index contributed by atoms with van der Waals surface area (Å²) >= 11 is 5.17. The first kappa shape index (κ1) is 49.8. The molecule has 8 rings (SSSR count). The SMILES string of the molecule is CC(=O)OC[C@H](F)C1O[C@@H](OP(=O)(O)OP(O)(=S)OC[C@H]2O[C@@H](n3cnc4c(NC(c5ccccc5)(c5ccccc5)c5ccccc5)ncnc43)[C@H]3OC(C)(C)OC23)C(OC(C)=O)[C@@H](C)[C@@H]1C. The van der Waals surface area contributed by atoms with E-state index in [-0.39, 0.29) is 0 Å². The van der Waals surface area contributed by atoms with Gasteiger partial charge in [-0.15, -0.1) is 0 Å². The number of imidazole rings is 1. The van der Waals surface area contributed by atoms with Crippen LogP contribution in [0, 0.1) is 11.8 Å². The van der Waals surface area contributed by atoms with Crippen molar-refractivity contribution < 1.29 is 70.1 Å². The van der Waals surface area contributed by atoms with Crippen LogP contribution in [0.15, 0.2) is 104 Å². The number of carbonyl (C=O) groups excluding carboxylic acids is 2. The lowest BCUT2D eigenvalue weighted by Gasteiger charge is -2.44. The number of benzene rings is 3. The van der Waals surface area contributed by atoms with Gasteiger partial charge in [-0.25, -0.2) is 28.2 Å². The van der Waals surface area contributed by atoms with Crippen molar-refractivity contribution in [2.75, 3.05) is 18.5 Å². The predicted molar refractivity (Wildman–Crippen MR) is 244 cm³/mol. The molecule has 0 bridgehead atoms. The molecular formula is C45H52FN5O14P2S. The number of hydrogen-bond acceptors (Lipinski definition) is 17. The number of aromatic nitrogens is 4. The zero-order valence-electron chi connectivity index (χ0n) is 37.8. The largest absolute Gasteiger partial charge is 0.481 e. The van der Waals surface area contributed by atoms with Gasteiger partial charge in [0.25, 0.3) is 0 Å². The van der Waals surface area contributed by atoms with Crippen molar-refractivity contribution in [1.82, 2.24) is 19.5 Å². The van der Waals surface area contributed by atoms with Gasteiger partial charge in [0, 0.05) is 19.8 Å². The molecule has 0 radical (unpaired) electrons. The summed E-state index contributed by atoms with van der Waals surface area (Å²) in [6.07, 6.45) is -7.08. The first-order valence-electron chi connectivity index (χ1n) is 21.7. The zero-order valence-corrected chi connectivity index (χ0v) is 40.4. The summed E-state index contributed by atoms with van der Waals surface area (Å²) in [5.74, 6) is -3.58. The van der Waals surface area contributed by atoms with Gasteiger partial charge < -0.3 is 48.0 Å². The molecule has 5 aromatic rings. The maximum absolute atomic E-state index is 15.3. The Hall–Kier alpha value is -4.60. The predicted octanol–water partition coefficient (Wildman–Crippen LogP) is 6.84. The topological polar surface area (TPSA) is 230 Å². The molecular weight excluding hydrogens is 948 g/mol. The van der Waals surface area contributed by atoms with Crippen molar-refractivity contribution in [3.8, 4) is 0 Å². The van der Waals surface area contributed by atoms with Crippen LogP contribution in [0.5, 0.6) is 0 Å². The molecule has 19 nitrogen and oxygen atoms in total. The number of rotatable bonds is 17. The molecule has 364 valence electrons. The van der Waals surface area contributed by atoms with E-state index in [1.807, 2.05) is 91.0 Å². The summed E-state index contributed by atoms with van der Waals surface area (Å²) in [4.78, 5) is 59.6. The number of alkyl halides is 1. The summed E-state index contributed by atoms with van der Waals surface area (Å²) in [5, 5.41) is 3.76. The molecule has 3 aromatic carbocycles. The summed E-state index contributed by atoms with van der Waals surface area (Å²) in [6, 6.07) is 30.0. The van der Waals surface area contributed by atoms with Crippen molar-refractivity contribution in [1.29, 1.82) is 0 Å². The van der Waals surface area contributed by atoms with Crippen molar-refractivity contribution >= 4 is 55.3 Å². The normalized spacial score (nSPS) is 27.9. The average molecular weight is 1000 g/mol. The highest BCUT2D eigenvalue weighted by Crippen LogP contribution is 2.62. The van der Waals surface area contributed by atoms with Crippen LogP contribution in [0.3, 0.4) is 0 Å². The molecule has 0 saturated carbocycles. The number of ether oxygens (including phenoxy) is 6. The van der Waals surface area contributed by atoms with E-state index in [1.165, 1.54) is 6.33 Å². The number of anilines is 1. The summed E-state index contributed by atoms with van der Waals surface area (Å²) < 4.78 is 81.4. The Morgan fingerprint density at radius 3 is 2.04 bits per heavy atom. The number of nitrogens with zero attached hydrogens (tertiary/aromatic N) is 4. The van der Waals surface area contributed by atoms with E-state index >= 15 is 4.39 Å². The number of phosphoric ester groups is 1. The number of fused-ring (bicyclic) bond motifs is 2. The second kappa shape index (κ2) is 20.0. The van der Waals surface area contributed by atoms with Crippen LogP contribution in [0.4, 0.5) is 10.2 Å². The third kappa shape index (κ3) is 10.6. The van der Waals surface area contributed by atoms with Crippen molar-refractivity contribution in [3.63, 3.8) is 0 Å². The zero-order chi connectivity index (χ0) is 48.6. The Morgan fingerprint density at radius 2 is 1.47 bits per heavy atom. The Morgan fingerprint density at radius 1 is 0.882 bits per heavy atom. The van der Waals surface area contributed by atoms with Gasteiger partial charge in [-0.1, -0.05) is 105 Å². The molecule has 5 heterocycles. The highest BCUT2D eigenvalue weighted by atomic mass is 32.5. The quantitative estimate of drug-likeness (QED) is 0.0491. The van der Waals surface area contributed by atoms with Gasteiger partial charge in [-0.2, -0.15) is 0 Å². The minimum Gasteiger partial charge on any atom is -0.463 e. The molecule has 12 atom stereocenters. The third-order valence-corrected chi connectivity index (χ3v) is 15.6. The Labute approximate surface area is 396 Å². The van der Waals surface area contributed by atoms with Gasteiger partial charge in [0.2, 0.25) is 6.29 Å². The minimum atomic E-state index is -5.44. The number of phosphoric acid groups is 1. The standard InChI is InChI=1S/C45H52FN5O14P2S/c1-26-27(2)37(59-29(4)53)43(61-36(26)33(46)22-57-28(3)52)64-66(54,55)65-67(56,68)58-23-34-38-39(63-44(5,6)62-38)42(60-34)51-25-49-35-40(47-24-48-41(35)51)50-45(30-16-10-7-11-17-30,31-18-12-8-13-19-31)32-20-14-9-15-21-32/h7-21,24-27,33-34,36-39,42-43H,22-23H2,1-6H3,(H,54,55)(H,56,68)(H,47,48,50)/t26-,27-,33-,34+,36?,37?,38?,39-,42+,43-,67?/m0/s1. The Balaban J connectivity index is 1.02. The maximum atomic E-state index is 15.3. The fourth-order valence-corrected chi connectivity index (χ4v) is 12.0. The average Bonchev–Trinajstić information content (AvgIpc) is 3.97. The number of esters is 2. The van der Waals surface area contributed by atoms with E-state index in [2.05, 4.69) is 10.3 Å². The van der Waals surface area contributed by atoms with Crippen LogP contribution >= 0.6 is 14.5 Å². The van der Waals surface area contributed by atoms with Crippen molar-refractivity contribution in [3.05, 3.63) is 120 Å². The summed E-state index contributed by atoms with van der Waals surface area (Å²) in [5.41, 5.74) is 2.68. The second-order valence-corrected chi connectivity index (χ2v) is 21.5. The van der Waals surface area contributed by atoms with E-state index in [0.29, 0.717) is 17.0 Å². The van der Waals surface area contributed by atoms with Gasteiger partial charge in [0.15, 0.2) is 41.3 Å². The summed E-state index contributed by atoms with van der Waals surface area (Å²) in [7, 11) is -5.44. The molecule has 0 aliphatic carbocycles. The van der Waals surface area contributed by atoms with E-state index in [4.69, 9.17) is 63.6 Å². The number of hydrogen-bond donors (Lipinski definition) is 3. The number of carbonyl (C=O) groups is 2. The second-order valence-electron chi connectivity index (χ2n) is 17.1. The number of nitrogens with one attached hydrogen (secondary N) is 1. The monoisotopic (exact) mass is 999 g/mol. The molecule has 68 heavy (non-hydrogen) atoms. The lowest BCUT2D eigenvalue weighted by Crippen LogP contribution is -2.55. The van der Waals surface area contributed by atoms with Gasteiger partial charge in [-0.05, 0) is 48.3 Å². The molecule has 3 saturated heterocycles. The van der Waals surface area contributed by atoms with Gasteiger partial charge in [0.1, 0.15) is 36.8 Å². The van der Waals surface area contributed by atoms with Gasteiger partial charge >= 0.3 is 26.5 Å². The van der Waals surface area contributed by atoms with Crippen LogP contribution in [0.1, 0.15) is 64.5 Å². The highest BCUT2D eigenvalue weighted by molar-refractivity contribution is 8.08. The lowest BCUT2D eigenvalue weighted by molar-refractivity contribution is -0.262. The van der Waals surface area contributed by atoms with Crippen LogP contribution in [0.25, 0.3) is 11.2 Å². The minimum absolute atomic E-state index is 0.381. The Bertz CT molecular complexity index is 2580. The fraction of sp³-hybridized carbons (Fsp3) is 0.444. The van der Waals surface area contributed by atoms with E-state index in [9.17, 15) is 23.9 Å². The fourth-order valence-electron chi connectivity index (χ4n) is 8.93. The highest BCUT2D eigenvalue weighted by Gasteiger charge is 2.57. The first-order valence-corrected chi connectivity index (χ1v) is 25.8. The molecule has 3 fully saturated rings. The molecule has 23 heteroatoms. The van der Waals surface area contributed by atoms with Crippen molar-refractivity contribution in [2.45, 2.75) is 102 Å². The van der Waals surface area contributed by atoms with Crippen LogP contribution in [-0.4, -0.2) is 103 Å². The van der Waals surface area contributed by atoms with Crippen LogP contribution < -0.4 is 5.32 Å². The van der Waals surface area contributed by atoms with Crippen LogP contribution in [-0.2, 0) is 73.3 Å². The lowest BCUT2D eigenvalue weighted by atomic mass is 9.77. The molecule has 3 N–H and O–H groups in total. The van der Waals surface area contributed by atoms with E-state index in [0.717, 1.165) is 30.5 Å².